The molecule has 0 unspecified atom stereocenters. The Hall–Kier alpha value is -1.52. The first kappa shape index (κ1) is 18.8. The fraction of sp³-hybridized carbons (Fsp3) is 0.824. The molecule has 10 heteroatoms. The summed E-state index contributed by atoms with van der Waals surface area (Å²) in [7, 11) is -3.30. The van der Waals surface area contributed by atoms with Crippen LogP contribution in [-0.4, -0.2) is 72.3 Å². The lowest BCUT2D eigenvalue weighted by Gasteiger charge is -2.56. The smallest absolute Gasteiger partial charge is 0.230 e. The van der Waals surface area contributed by atoms with Gasteiger partial charge in [0.15, 0.2) is 0 Å². The van der Waals surface area contributed by atoms with Gasteiger partial charge in [-0.1, -0.05) is 0 Å². The summed E-state index contributed by atoms with van der Waals surface area (Å²) in [4.78, 5) is 17.0. The van der Waals surface area contributed by atoms with Crippen molar-refractivity contribution in [2.45, 2.75) is 51.2 Å². The van der Waals surface area contributed by atoms with Gasteiger partial charge in [0, 0.05) is 45.1 Å². The second-order valence-electron chi connectivity index (χ2n) is 8.11. The second kappa shape index (κ2) is 7.14. The number of aryl methyl sites for hydroxylation is 1. The number of amides is 1. The van der Waals surface area contributed by atoms with Gasteiger partial charge in [-0.15, -0.1) is 10.2 Å². The maximum atomic E-state index is 12.7. The van der Waals surface area contributed by atoms with Gasteiger partial charge in [-0.25, -0.2) is 13.1 Å². The van der Waals surface area contributed by atoms with E-state index >= 15 is 0 Å². The third-order valence-electron chi connectivity index (χ3n) is 6.05. The summed E-state index contributed by atoms with van der Waals surface area (Å²) in [5.41, 5.74) is 0. The van der Waals surface area contributed by atoms with Crippen molar-refractivity contribution in [3.05, 3.63) is 11.8 Å². The lowest BCUT2D eigenvalue weighted by Crippen LogP contribution is -2.66. The Morgan fingerprint density at radius 3 is 2.74 bits per heavy atom. The van der Waals surface area contributed by atoms with Gasteiger partial charge in [0.25, 0.3) is 0 Å². The Labute approximate surface area is 159 Å². The number of rotatable bonds is 5. The molecule has 27 heavy (non-hydrogen) atoms. The summed E-state index contributed by atoms with van der Waals surface area (Å²) in [5, 5.41) is 8.00. The van der Waals surface area contributed by atoms with Crippen molar-refractivity contribution in [3.63, 3.8) is 0 Å². The zero-order valence-electron chi connectivity index (χ0n) is 15.8. The highest BCUT2D eigenvalue weighted by Crippen LogP contribution is 2.41. The molecule has 4 rings (SSSR count). The summed E-state index contributed by atoms with van der Waals surface area (Å²) in [5.74, 6) is 1.98. The second-order valence-corrected chi connectivity index (χ2v) is 9.95. The average molecular weight is 398 g/mol. The maximum absolute atomic E-state index is 12.7. The predicted octanol–water partition coefficient (Wildman–Crippen LogP) is 0.129. The summed E-state index contributed by atoms with van der Waals surface area (Å²) in [6, 6.07) is 0.0991. The van der Waals surface area contributed by atoms with Crippen LogP contribution in [0.3, 0.4) is 0 Å². The van der Waals surface area contributed by atoms with Crippen LogP contribution >= 0.6 is 0 Å². The minimum absolute atomic E-state index is 0.0963. The van der Waals surface area contributed by atoms with Crippen molar-refractivity contribution in [2.24, 2.45) is 11.8 Å². The number of carbonyl (C=O) groups excluding carboxylic acids is 1. The predicted molar refractivity (Wildman–Crippen MR) is 97.0 cm³/mol. The van der Waals surface area contributed by atoms with Crippen LogP contribution in [0.1, 0.15) is 37.5 Å². The van der Waals surface area contributed by atoms with Gasteiger partial charge in [-0.2, -0.15) is 0 Å². The number of sulfonamides is 1. The zero-order chi connectivity index (χ0) is 19.2. The van der Waals surface area contributed by atoms with Gasteiger partial charge < -0.3 is 9.32 Å². The fourth-order valence-electron chi connectivity index (χ4n) is 5.09. The van der Waals surface area contributed by atoms with E-state index < -0.39 is 10.0 Å². The molecule has 0 aromatic carbocycles. The maximum Gasteiger partial charge on any atom is 0.230 e. The number of fused-ring (bicyclic) bond motifs is 4. The Kier molecular flexibility index (Phi) is 4.98. The molecule has 150 valence electrons. The van der Waals surface area contributed by atoms with Gasteiger partial charge in [-0.05, 0) is 31.1 Å². The van der Waals surface area contributed by atoms with E-state index in [0.29, 0.717) is 30.7 Å². The molecule has 0 radical (unpaired) electrons. The van der Waals surface area contributed by atoms with Gasteiger partial charge >= 0.3 is 0 Å². The van der Waals surface area contributed by atoms with Crippen molar-refractivity contribution in [2.75, 3.05) is 25.9 Å². The van der Waals surface area contributed by atoms with Gasteiger partial charge in [0.2, 0.25) is 27.7 Å². The highest BCUT2D eigenvalue weighted by Gasteiger charge is 2.49. The molecule has 9 nitrogen and oxygen atoms in total. The van der Waals surface area contributed by atoms with E-state index in [9.17, 15) is 13.2 Å². The topological polar surface area (TPSA) is 109 Å². The molecule has 0 saturated carbocycles. The standard InChI is InChI=1S/C17H27N5O4S/c1-11-19-20-16(26-11)10-21-8-12-6-13(9-21)15(7-18-27(2,24)25)22-14(12)4-3-5-17(22)23/h12-15,18H,3-10H2,1-2H3/t12-,13+,14+,15+/m1/s1. The van der Waals surface area contributed by atoms with Crippen LogP contribution in [0.2, 0.25) is 0 Å². The molecular formula is C17H27N5O4S. The van der Waals surface area contributed by atoms with E-state index in [4.69, 9.17) is 4.42 Å². The van der Waals surface area contributed by atoms with Crippen LogP contribution in [0.15, 0.2) is 4.42 Å². The number of hydrogen-bond acceptors (Lipinski definition) is 7. The van der Waals surface area contributed by atoms with Gasteiger partial charge in [0.05, 0.1) is 12.8 Å². The number of piperidine rings is 3. The number of likely N-dealkylation sites (tertiary alicyclic amines) is 1. The number of nitrogens with zero attached hydrogens (tertiary/aromatic N) is 4. The molecule has 4 heterocycles. The lowest BCUT2D eigenvalue weighted by molar-refractivity contribution is -0.152. The van der Waals surface area contributed by atoms with E-state index in [-0.39, 0.29) is 30.5 Å². The van der Waals surface area contributed by atoms with Crippen LogP contribution < -0.4 is 4.72 Å². The SMILES string of the molecule is Cc1nnc(CN2C[C@H]3C[C@@H](C2)[C@H](CNS(C)(=O)=O)N2C(=O)CCC[C@@H]32)o1. The van der Waals surface area contributed by atoms with Crippen molar-refractivity contribution >= 4 is 15.9 Å². The average Bonchev–Trinajstić information content (AvgIpc) is 2.99. The normalized spacial score (nSPS) is 31.8. The van der Waals surface area contributed by atoms with Crippen LogP contribution in [0, 0.1) is 18.8 Å². The van der Waals surface area contributed by atoms with Crippen molar-refractivity contribution in [1.82, 2.24) is 24.7 Å². The third-order valence-corrected chi connectivity index (χ3v) is 6.74. The first-order valence-corrected chi connectivity index (χ1v) is 11.5. The summed E-state index contributed by atoms with van der Waals surface area (Å²) >= 11 is 0. The molecule has 3 aliphatic heterocycles. The molecule has 1 N–H and O–H groups in total. The Bertz CT molecular complexity index is 810. The highest BCUT2D eigenvalue weighted by molar-refractivity contribution is 7.88. The first-order chi connectivity index (χ1) is 12.8. The van der Waals surface area contributed by atoms with Crippen LogP contribution in [0.25, 0.3) is 0 Å². The molecule has 3 aliphatic rings. The zero-order valence-corrected chi connectivity index (χ0v) is 16.6. The number of carbonyl (C=O) groups is 1. The lowest BCUT2D eigenvalue weighted by atomic mass is 9.72. The van der Waals surface area contributed by atoms with E-state index in [0.717, 1.165) is 32.4 Å². The van der Waals surface area contributed by atoms with Crippen molar-refractivity contribution in [1.29, 1.82) is 0 Å². The quantitative estimate of drug-likeness (QED) is 0.752. The highest BCUT2D eigenvalue weighted by atomic mass is 32.2. The molecule has 1 aromatic rings. The largest absolute Gasteiger partial charge is 0.424 e. The molecule has 3 fully saturated rings. The summed E-state index contributed by atoms with van der Waals surface area (Å²) in [6.45, 7) is 4.36. The third kappa shape index (κ3) is 4.02. The minimum Gasteiger partial charge on any atom is -0.424 e. The van der Waals surface area contributed by atoms with E-state index in [1.165, 1.54) is 6.26 Å². The number of aromatic nitrogens is 2. The van der Waals surface area contributed by atoms with Crippen LogP contribution in [0.5, 0.6) is 0 Å². The minimum atomic E-state index is -3.30. The van der Waals surface area contributed by atoms with Gasteiger partial charge in [0.1, 0.15) is 0 Å². The molecular weight excluding hydrogens is 370 g/mol. The summed E-state index contributed by atoms with van der Waals surface area (Å²) in [6.07, 6.45) is 4.67. The fourth-order valence-corrected chi connectivity index (χ4v) is 5.57. The Balaban J connectivity index is 1.55. The van der Waals surface area contributed by atoms with Crippen LogP contribution in [-0.2, 0) is 21.4 Å². The van der Waals surface area contributed by atoms with E-state index in [1.807, 2.05) is 4.90 Å². The van der Waals surface area contributed by atoms with Gasteiger partial charge in [-0.3, -0.25) is 9.69 Å². The van der Waals surface area contributed by atoms with Crippen LogP contribution in [0.4, 0.5) is 0 Å². The number of nitrogens with one attached hydrogen (secondary N) is 1. The molecule has 4 atom stereocenters. The molecule has 3 saturated heterocycles. The van der Waals surface area contributed by atoms with E-state index in [2.05, 4.69) is 19.8 Å². The molecule has 0 spiro atoms. The molecule has 2 bridgehead atoms. The summed E-state index contributed by atoms with van der Waals surface area (Å²) < 4.78 is 31.5. The molecule has 1 aromatic heterocycles. The van der Waals surface area contributed by atoms with E-state index in [1.54, 1.807) is 6.92 Å². The van der Waals surface area contributed by atoms with Crippen molar-refractivity contribution < 1.29 is 17.6 Å². The first-order valence-electron chi connectivity index (χ1n) is 9.57. The Morgan fingerprint density at radius 2 is 2.04 bits per heavy atom. The van der Waals surface area contributed by atoms with Crippen molar-refractivity contribution in [3.8, 4) is 0 Å². The Morgan fingerprint density at radius 1 is 1.26 bits per heavy atom. The monoisotopic (exact) mass is 397 g/mol. The molecule has 1 amide bonds. The molecule has 0 aliphatic carbocycles. The number of hydrogen-bond donors (Lipinski definition) is 1.